The zero-order chi connectivity index (χ0) is 13.0. The van der Waals surface area contributed by atoms with Gasteiger partial charge in [0.15, 0.2) is 5.11 Å². The molecule has 18 heavy (non-hydrogen) atoms. The monoisotopic (exact) mass is 282 g/mol. The molecular formula is C12H18N4S2. The van der Waals surface area contributed by atoms with Crippen molar-refractivity contribution in [2.75, 3.05) is 13.1 Å². The normalized spacial score (nSPS) is 17.9. The number of aromatic nitrogens is 1. The molecule has 4 nitrogen and oxygen atoms in total. The van der Waals surface area contributed by atoms with Gasteiger partial charge >= 0.3 is 0 Å². The lowest BCUT2D eigenvalue weighted by Crippen LogP contribution is -2.42. The number of nitrogens with one attached hydrogen (secondary N) is 1. The second kappa shape index (κ2) is 6.24. The molecule has 0 radical (unpaired) electrons. The summed E-state index contributed by atoms with van der Waals surface area (Å²) in [6.07, 6.45) is 4.19. The van der Waals surface area contributed by atoms with E-state index >= 15 is 0 Å². The van der Waals surface area contributed by atoms with Crippen LogP contribution in [0.4, 0.5) is 0 Å². The van der Waals surface area contributed by atoms with E-state index in [1.165, 1.54) is 12.8 Å². The maximum absolute atomic E-state index is 5.35. The SMILES string of the molecule is C/C(=N\NC(=S)N1CCC(C)CC1)c1nccs1. The van der Waals surface area contributed by atoms with E-state index < -0.39 is 0 Å². The Morgan fingerprint density at radius 3 is 2.89 bits per heavy atom. The van der Waals surface area contributed by atoms with Crippen LogP contribution in [0.25, 0.3) is 0 Å². The molecule has 1 saturated heterocycles. The summed E-state index contributed by atoms with van der Waals surface area (Å²) in [4.78, 5) is 6.40. The highest BCUT2D eigenvalue weighted by molar-refractivity contribution is 7.80. The molecule has 1 aromatic heterocycles. The summed E-state index contributed by atoms with van der Waals surface area (Å²) >= 11 is 6.93. The molecule has 1 aliphatic rings. The summed E-state index contributed by atoms with van der Waals surface area (Å²) in [5, 5.41) is 7.88. The van der Waals surface area contributed by atoms with Gasteiger partial charge in [0.2, 0.25) is 0 Å². The first-order valence-corrected chi connectivity index (χ1v) is 7.44. The molecular weight excluding hydrogens is 264 g/mol. The van der Waals surface area contributed by atoms with Gasteiger partial charge in [-0.25, -0.2) is 4.98 Å². The molecule has 0 bridgehead atoms. The fraction of sp³-hybridized carbons (Fsp3) is 0.583. The zero-order valence-electron chi connectivity index (χ0n) is 10.7. The molecule has 0 spiro atoms. The van der Waals surface area contributed by atoms with Crippen molar-refractivity contribution in [3.05, 3.63) is 16.6 Å². The fourth-order valence-electron chi connectivity index (χ4n) is 1.86. The first-order valence-electron chi connectivity index (χ1n) is 6.16. The molecule has 0 atom stereocenters. The van der Waals surface area contributed by atoms with Gasteiger partial charge in [-0.1, -0.05) is 6.92 Å². The van der Waals surface area contributed by atoms with E-state index in [2.05, 4.69) is 27.3 Å². The highest BCUT2D eigenvalue weighted by atomic mass is 32.1. The Kier molecular flexibility index (Phi) is 4.66. The second-order valence-electron chi connectivity index (χ2n) is 4.62. The van der Waals surface area contributed by atoms with Crippen LogP contribution in [0, 0.1) is 5.92 Å². The van der Waals surface area contributed by atoms with Crippen molar-refractivity contribution in [3.8, 4) is 0 Å². The number of hydrogen-bond acceptors (Lipinski definition) is 4. The van der Waals surface area contributed by atoms with Crippen LogP contribution in [0.15, 0.2) is 16.7 Å². The third-order valence-corrected chi connectivity index (χ3v) is 4.36. The molecule has 1 N–H and O–H groups in total. The topological polar surface area (TPSA) is 40.5 Å². The minimum atomic E-state index is 0.720. The van der Waals surface area contributed by atoms with E-state index in [0.717, 1.165) is 34.8 Å². The molecule has 1 fully saturated rings. The maximum atomic E-state index is 5.35. The van der Waals surface area contributed by atoms with Gasteiger partial charge in [0.25, 0.3) is 0 Å². The van der Waals surface area contributed by atoms with Crippen LogP contribution in [0.2, 0.25) is 0 Å². The Labute approximate surface area is 117 Å². The number of rotatable bonds is 2. The number of hydrazone groups is 1. The molecule has 98 valence electrons. The molecule has 2 heterocycles. The van der Waals surface area contributed by atoms with Crippen LogP contribution in [0.5, 0.6) is 0 Å². The lowest BCUT2D eigenvalue weighted by atomic mass is 10.00. The summed E-state index contributed by atoms with van der Waals surface area (Å²) in [5.41, 5.74) is 3.84. The van der Waals surface area contributed by atoms with Crippen molar-refractivity contribution in [3.63, 3.8) is 0 Å². The number of thiocarbonyl (C=S) groups is 1. The van der Waals surface area contributed by atoms with Gasteiger partial charge in [0, 0.05) is 24.7 Å². The zero-order valence-corrected chi connectivity index (χ0v) is 12.4. The van der Waals surface area contributed by atoms with Crippen molar-refractivity contribution >= 4 is 34.4 Å². The van der Waals surface area contributed by atoms with Gasteiger partial charge in [-0.3, -0.25) is 5.43 Å². The predicted octanol–water partition coefficient (Wildman–Crippen LogP) is 2.47. The molecule has 2 rings (SSSR count). The molecule has 0 saturated carbocycles. The fourth-order valence-corrected chi connectivity index (χ4v) is 2.68. The smallest absolute Gasteiger partial charge is 0.189 e. The van der Waals surface area contributed by atoms with Crippen LogP contribution in [-0.2, 0) is 0 Å². The van der Waals surface area contributed by atoms with Crippen LogP contribution >= 0.6 is 23.6 Å². The number of hydrogen-bond donors (Lipinski definition) is 1. The summed E-state index contributed by atoms with van der Waals surface area (Å²) < 4.78 is 0. The minimum Gasteiger partial charge on any atom is -0.348 e. The Balaban J connectivity index is 1.86. The van der Waals surface area contributed by atoms with Gasteiger partial charge < -0.3 is 4.90 Å². The average Bonchev–Trinajstić information content (AvgIpc) is 2.90. The van der Waals surface area contributed by atoms with Crippen LogP contribution in [-0.4, -0.2) is 33.8 Å². The van der Waals surface area contributed by atoms with Crippen molar-refractivity contribution in [1.82, 2.24) is 15.3 Å². The second-order valence-corrected chi connectivity index (χ2v) is 5.90. The van der Waals surface area contributed by atoms with E-state index in [1.54, 1.807) is 17.5 Å². The van der Waals surface area contributed by atoms with Gasteiger partial charge in [-0.05, 0) is 37.9 Å². The van der Waals surface area contributed by atoms with Gasteiger partial charge in [0.1, 0.15) is 5.01 Å². The average molecular weight is 282 g/mol. The first kappa shape index (κ1) is 13.4. The molecule has 6 heteroatoms. The molecule has 1 aromatic rings. The van der Waals surface area contributed by atoms with Crippen molar-refractivity contribution in [2.45, 2.75) is 26.7 Å². The highest BCUT2D eigenvalue weighted by Crippen LogP contribution is 2.15. The first-order chi connectivity index (χ1) is 8.66. The molecule has 0 unspecified atom stereocenters. The Hall–Kier alpha value is -1.01. The van der Waals surface area contributed by atoms with Gasteiger partial charge in [-0.15, -0.1) is 11.3 Å². The van der Waals surface area contributed by atoms with Crippen LogP contribution in [0.3, 0.4) is 0 Å². The Bertz CT molecular complexity index is 419. The third kappa shape index (κ3) is 3.49. The van der Waals surface area contributed by atoms with Crippen molar-refractivity contribution < 1.29 is 0 Å². The molecule has 0 amide bonds. The van der Waals surface area contributed by atoms with E-state index in [9.17, 15) is 0 Å². The Morgan fingerprint density at radius 1 is 1.56 bits per heavy atom. The standard InChI is InChI=1S/C12H18N4S2/c1-9-3-6-16(7-4-9)12(17)15-14-10(2)11-13-5-8-18-11/h5,8-9H,3-4,6-7H2,1-2H3,(H,15,17)/b14-10+. The quantitative estimate of drug-likeness (QED) is 0.514. The van der Waals surface area contributed by atoms with E-state index in [0.29, 0.717) is 0 Å². The van der Waals surface area contributed by atoms with E-state index in [-0.39, 0.29) is 0 Å². The van der Waals surface area contributed by atoms with Gasteiger partial charge in [0.05, 0.1) is 5.71 Å². The van der Waals surface area contributed by atoms with Gasteiger partial charge in [-0.2, -0.15) is 5.10 Å². The number of piperidine rings is 1. The third-order valence-electron chi connectivity index (χ3n) is 3.13. The summed E-state index contributed by atoms with van der Waals surface area (Å²) in [6, 6.07) is 0. The van der Waals surface area contributed by atoms with E-state index in [1.807, 2.05) is 12.3 Å². The number of likely N-dealkylation sites (tertiary alicyclic amines) is 1. The lowest BCUT2D eigenvalue weighted by molar-refractivity contribution is 0.278. The molecule has 0 aromatic carbocycles. The molecule has 0 aliphatic carbocycles. The van der Waals surface area contributed by atoms with Crippen molar-refractivity contribution in [2.24, 2.45) is 11.0 Å². The number of thiazole rings is 1. The summed E-state index contributed by atoms with van der Waals surface area (Å²) in [7, 11) is 0. The summed E-state index contributed by atoms with van der Waals surface area (Å²) in [5.74, 6) is 0.810. The lowest BCUT2D eigenvalue weighted by Gasteiger charge is -2.31. The van der Waals surface area contributed by atoms with Crippen molar-refractivity contribution in [1.29, 1.82) is 0 Å². The minimum absolute atomic E-state index is 0.720. The summed E-state index contributed by atoms with van der Waals surface area (Å²) in [6.45, 7) is 6.28. The predicted molar refractivity (Wildman–Crippen MR) is 80.0 cm³/mol. The van der Waals surface area contributed by atoms with Crippen LogP contribution < -0.4 is 5.43 Å². The Morgan fingerprint density at radius 2 is 2.28 bits per heavy atom. The molecule has 1 aliphatic heterocycles. The van der Waals surface area contributed by atoms with Crippen LogP contribution in [0.1, 0.15) is 31.7 Å². The van der Waals surface area contributed by atoms with E-state index in [4.69, 9.17) is 12.2 Å². The highest BCUT2D eigenvalue weighted by Gasteiger charge is 2.17. The number of nitrogens with zero attached hydrogens (tertiary/aromatic N) is 3. The maximum Gasteiger partial charge on any atom is 0.189 e. The largest absolute Gasteiger partial charge is 0.348 e.